The topological polar surface area (TPSA) is 99.7 Å². The zero-order valence-corrected chi connectivity index (χ0v) is 17.2. The Balaban J connectivity index is 1.47. The van der Waals surface area contributed by atoms with Gasteiger partial charge in [-0.3, -0.25) is 14.6 Å². The number of rotatable bonds is 5. The van der Waals surface area contributed by atoms with Crippen molar-refractivity contribution in [2.24, 2.45) is 0 Å². The molecule has 2 aromatic rings. The maximum Gasteiger partial charge on any atom is 0.243 e. The molecule has 0 saturated carbocycles. The van der Waals surface area contributed by atoms with Crippen LogP contribution in [0.1, 0.15) is 19.3 Å². The first-order valence-electron chi connectivity index (χ1n) is 9.46. The van der Waals surface area contributed by atoms with Gasteiger partial charge in [0.1, 0.15) is 0 Å². The number of carbonyl (C=O) groups is 2. The molecule has 4 rings (SSSR count). The molecule has 1 aromatic carbocycles. The summed E-state index contributed by atoms with van der Waals surface area (Å²) in [4.78, 5) is 29.6. The number of benzene rings is 1. The fraction of sp³-hybridized carbons (Fsp3) is 0.421. The summed E-state index contributed by atoms with van der Waals surface area (Å²) in [5.74, 6) is -0.276. The van der Waals surface area contributed by atoms with Crippen LogP contribution >= 0.6 is 11.6 Å². The van der Waals surface area contributed by atoms with Crippen LogP contribution in [0.3, 0.4) is 0 Å². The Hall–Kier alpha value is -2.23. The van der Waals surface area contributed by atoms with Gasteiger partial charge in [0.2, 0.25) is 21.8 Å². The molecule has 2 fully saturated rings. The van der Waals surface area contributed by atoms with E-state index in [4.69, 9.17) is 11.6 Å². The molecule has 8 nitrogen and oxygen atoms in total. The predicted octanol–water partition coefficient (Wildman–Crippen LogP) is 1.39. The molecule has 1 aromatic heterocycles. The second-order valence-electron chi connectivity index (χ2n) is 7.31. The number of pyridine rings is 1. The van der Waals surface area contributed by atoms with Gasteiger partial charge in [0.05, 0.1) is 16.5 Å². The van der Waals surface area contributed by atoms with Crippen LogP contribution in [-0.2, 0) is 19.6 Å². The Morgan fingerprint density at radius 2 is 2.10 bits per heavy atom. The van der Waals surface area contributed by atoms with Crippen LogP contribution in [0.5, 0.6) is 0 Å². The van der Waals surface area contributed by atoms with Crippen molar-refractivity contribution >= 4 is 44.2 Å². The molecule has 0 radical (unpaired) electrons. The third kappa shape index (κ3) is 3.94. The van der Waals surface area contributed by atoms with E-state index in [1.807, 2.05) is 0 Å². The highest BCUT2D eigenvalue weighted by Gasteiger charge is 2.35. The number of fused-ring (bicyclic) bond motifs is 1. The minimum atomic E-state index is -3.78. The summed E-state index contributed by atoms with van der Waals surface area (Å²) >= 11 is 6.23. The van der Waals surface area contributed by atoms with Crippen molar-refractivity contribution in [1.29, 1.82) is 0 Å². The Bertz CT molecular complexity index is 1070. The molecule has 2 aliphatic rings. The molecule has 2 aliphatic heterocycles. The summed E-state index contributed by atoms with van der Waals surface area (Å²) in [6.45, 7) is 1.10. The zero-order valence-electron chi connectivity index (χ0n) is 15.7. The number of likely N-dealkylation sites (tertiary alicyclic amines) is 1. The Kier molecular flexibility index (Phi) is 5.46. The first-order chi connectivity index (χ1) is 13.9. The van der Waals surface area contributed by atoms with Crippen LogP contribution in [0, 0.1) is 0 Å². The number of aromatic nitrogens is 1. The van der Waals surface area contributed by atoms with Crippen molar-refractivity contribution in [2.75, 3.05) is 26.2 Å². The van der Waals surface area contributed by atoms with Crippen LogP contribution in [0.4, 0.5) is 0 Å². The van der Waals surface area contributed by atoms with E-state index in [9.17, 15) is 18.0 Å². The van der Waals surface area contributed by atoms with Gasteiger partial charge in [0, 0.05) is 55.3 Å². The minimum absolute atomic E-state index is 0.0156. The number of nitrogens with one attached hydrogen (secondary N) is 1. The zero-order chi connectivity index (χ0) is 20.6. The number of amides is 2. The largest absolute Gasteiger partial charge is 0.350 e. The van der Waals surface area contributed by atoms with E-state index in [0.717, 1.165) is 6.42 Å². The molecule has 2 amide bonds. The third-order valence-electron chi connectivity index (χ3n) is 5.34. The smallest absolute Gasteiger partial charge is 0.243 e. The molecule has 1 N–H and O–H groups in total. The van der Waals surface area contributed by atoms with Crippen LogP contribution in [0.25, 0.3) is 10.8 Å². The van der Waals surface area contributed by atoms with Gasteiger partial charge in [-0.15, -0.1) is 0 Å². The number of sulfonamides is 1. The molecular formula is C19H21ClN4O4S. The average molecular weight is 437 g/mol. The first-order valence-corrected chi connectivity index (χ1v) is 11.3. The van der Waals surface area contributed by atoms with Gasteiger partial charge in [-0.1, -0.05) is 23.7 Å². The first kappa shape index (κ1) is 20.1. The van der Waals surface area contributed by atoms with Gasteiger partial charge in [-0.2, -0.15) is 4.31 Å². The van der Waals surface area contributed by atoms with Gasteiger partial charge in [0.25, 0.3) is 0 Å². The highest BCUT2D eigenvalue weighted by atomic mass is 35.5. The molecule has 0 aliphatic carbocycles. The van der Waals surface area contributed by atoms with Gasteiger partial charge in [-0.05, 0) is 18.9 Å². The van der Waals surface area contributed by atoms with E-state index >= 15 is 0 Å². The normalized spacial score (nSPS) is 20.5. The van der Waals surface area contributed by atoms with Gasteiger partial charge < -0.3 is 10.2 Å². The van der Waals surface area contributed by atoms with Crippen molar-refractivity contribution in [3.63, 3.8) is 0 Å². The highest BCUT2D eigenvalue weighted by Crippen LogP contribution is 2.32. The number of hydrogen-bond donors (Lipinski definition) is 1. The molecule has 0 spiro atoms. The molecule has 3 heterocycles. The van der Waals surface area contributed by atoms with Gasteiger partial charge in [0.15, 0.2) is 0 Å². The Morgan fingerprint density at radius 1 is 1.28 bits per heavy atom. The molecule has 10 heteroatoms. The lowest BCUT2D eigenvalue weighted by molar-refractivity contribution is -0.133. The molecule has 154 valence electrons. The van der Waals surface area contributed by atoms with E-state index in [-0.39, 0.29) is 40.9 Å². The lowest BCUT2D eigenvalue weighted by atomic mass is 10.2. The second kappa shape index (κ2) is 7.89. The molecule has 2 saturated heterocycles. The standard InChI is InChI=1S/C19H21ClN4O4S/c20-15-10-21-9-13-3-1-4-16(19(13)15)29(27,28)24-8-6-14(11-24)22-17(25)12-23-7-2-5-18(23)26/h1,3-4,9-10,14H,2,5-8,11-12H2,(H,22,25)/t14-/m0/s1. The van der Waals surface area contributed by atoms with Crippen LogP contribution in [0.15, 0.2) is 35.5 Å². The lowest BCUT2D eigenvalue weighted by Crippen LogP contribution is -2.44. The van der Waals surface area contributed by atoms with Crippen molar-refractivity contribution in [3.8, 4) is 0 Å². The maximum absolute atomic E-state index is 13.2. The van der Waals surface area contributed by atoms with Crippen molar-refractivity contribution in [1.82, 2.24) is 19.5 Å². The van der Waals surface area contributed by atoms with Crippen LogP contribution < -0.4 is 5.32 Å². The van der Waals surface area contributed by atoms with Crippen molar-refractivity contribution in [3.05, 3.63) is 35.6 Å². The van der Waals surface area contributed by atoms with Gasteiger partial charge in [-0.25, -0.2) is 8.42 Å². The number of hydrogen-bond acceptors (Lipinski definition) is 5. The monoisotopic (exact) mass is 436 g/mol. The average Bonchev–Trinajstić information content (AvgIpc) is 3.31. The summed E-state index contributed by atoms with van der Waals surface area (Å²) in [5.41, 5.74) is 0. The summed E-state index contributed by atoms with van der Waals surface area (Å²) < 4.78 is 27.8. The molecule has 0 bridgehead atoms. The Labute approximate surface area is 173 Å². The molecule has 1 atom stereocenters. The SMILES string of the molecule is O=C(CN1CCCC1=O)N[C@H]1CCN(S(=O)(=O)c2cccc3cncc(Cl)c23)C1. The van der Waals surface area contributed by atoms with E-state index in [1.165, 1.54) is 21.5 Å². The summed E-state index contributed by atoms with van der Waals surface area (Å²) in [6.07, 6.45) is 4.76. The van der Waals surface area contributed by atoms with Crippen LogP contribution in [0.2, 0.25) is 5.02 Å². The maximum atomic E-state index is 13.2. The fourth-order valence-electron chi connectivity index (χ4n) is 3.90. The van der Waals surface area contributed by atoms with Crippen molar-refractivity contribution < 1.29 is 18.0 Å². The number of carbonyl (C=O) groups excluding carboxylic acids is 2. The number of nitrogens with zero attached hydrogens (tertiary/aromatic N) is 3. The molecule has 29 heavy (non-hydrogen) atoms. The van der Waals surface area contributed by atoms with E-state index < -0.39 is 10.0 Å². The quantitative estimate of drug-likeness (QED) is 0.763. The second-order valence-corrected chi connectivity index (χ2v) is 9.62. The predicted molar refractivity (Wildman–Crippen MR) is 108 cm³/mol. The van der Waals surface area contributed by atoms with E-state index in [2.05, 4.69) is 10.3 Å². The highest BCUT2D eigenvalue weighted by molar-refractivity contribution is 7.89. The van der Waals surface area contributed by atoms with E-state index in [1.54, 1.807) is 18.3 Å². The molecular weight excluding hydrogens is 416 g/mol. The van der Waals surface area contributed by atoms with E-state index in [0.29, 0.717) is 36.7 Å². The third-order valence-corrected chi connectivity index (χ3v) is 7.53. The van der Waals surface area contributed by atoms with Crippen molar-refractivity contribution in [2.45, 2.75) is 30.2 Å². The van der Waals surface area contributed by atoms with Gasteiger partial charge >= 0.3 is 0 Å². The Morgan fingerprint density at radius 3 is 2.86 bits per heavy atom. The van der Waals surface area contributed by atoms with Crippen LogP contribution in [-0.4, -0.2) is 66.6 Å². The lowest BCUT2D eigenvalue weighted by Gasteiger charge is -2.20. The summed E-state index contributed by atoms with van der Waals surface area (Å²) in [6, 6.07) is 4.67. The fourth-order valence-corrected chi connectivity index (χ4v) is 5.95. The number of halogens is 1. The summed E-state index contributed by atoms with van der Waals surface area (Å²) in [7, 11) is -3.78. The molecule has 0 unspecified atom stereocenters. The summed E-state index contributed by atoms with van der Waals surface area (Å²) in [5, 5.41) is 4.23. The minimum Gasteiger partial charge on any atom is -0.350 e.